The van der Waals surface area contributed by atoms with Crippen LogP contribution < -0.4 is 15.5 Å². The lowest BCUT2D eigenvalue weighted by atomic mass is 10.1. The molecule has 0 aliphatic carbocycles. The van der Waals surface area contributed by atoms with E-state index in [0.717, 1.165) is 13.1 Å². The van der Waals surface area contributed by atoms with Gasteiger partial charge in [0.15, 0.2) is 0 Å². The van der Waals surface area contributed by atoms with Gasteiger partial charge in [-0.15, -0.1) is 0 Å². The molecule has 2 aliphatic rings. The van der Waals surface area contributed by atoms with Crippen LogP contribution in [0.25, 0.3) is 0 Å². The van der Waals surface area contributed by atoms with Gasteiger partial charge in [0.05, 0.1) is 16.3 Å². The molecule has 0 unspecified atom stereocenters. The van der Waals surface area contributed by atoms with Crippen LogP contribution >= 0.6 is 11.6 Å². The van der Waals surface area contributed by atoms with Crippen LogP contribution in [0.2, 0.25) is 5.02 Å². The van der Waals surface area contributed by atoms with E-state index in [4.69, 9.17) is 11.6 Å². The third-order valence-electron chi connectivity index (χ3n) is 3.13. The van der Waals surface area contributed by atoms with Gasteiger partial charge < -0.3 is 15.5 Å². The number of amides is 1. The van der Waals surface area contributed by atoms with Gasteiger partial charge in [0.25, 0.3) is 5.91 Å². The highest BCUT2D eigenvalue weighted by molar-refractivity contribution is 6.31. The van der Waals surface area contributed by atoms with Crippen LogP contribution in [-0.2, 0) is 0 Å². The number of benzene rings is 1. The van der Waals surface area contributed by atoms with Crippen LogP contribution in [0.3, 0.4) is 0 Å². The first-order chi connectivity index (χ1) is 8.16. The van der Waals surface area contributed by atoms with Gasteiger partial charge in [-0.1, -0.05) is 11.6 Å². The van der Waals surface area contributed by atoms with E-state index in [9.17, 15) is 9.18 Å². The fourth-order valence-corrected chi connectivity index (χ4v) is 2.46. The van der Waals surface area contributed by atoms with Crippen molar-refractivity contribution in [3.05, 3.63) is 28.5 Å². The molecular weight excluding hydrogens is 245 g/mol. The molecule has 0 aromatic heterocycles. The van der Waals surface area contributed by atoms with Gasteiger partial charge in [-0.05, 0) is 12.1 Å². The Hall–Kier alpha value is -1.33. The SMILES string of the molecule is O=C1N[C@H]2CNCCN2c2cc(Cl)c(F)cc21. The monoisotopic (exact) mass is 255 g/mol. The summed E-state index contributed by atoms with van der Waals surface area (Å²) < 4.78 is 13.4. The molecule has 1 aromatic carbocycles. The molecule has 2 heterocycles. The van der Waals surface area contributed by atoms with E-state index in [2.05, 4.69) is 10.6 Å². The maximum atomic E-state index is 13.4. The molecule has 0 bridgehead atoms. The Morgan fingerprint density at radius 2 is 2.29 bits per heavy atom. The largest absolute Gasteiger partial charge is 0.348 e. The molecule has 1 atom stereocenters. The summed E-state index contributed by atoms with van der Waals surface area (Å²) in [6, 6.07) is 2.73. The number of carbonyl (C=O) groups excluding carboxylic acids is 1. The highest BCUT2D eigenvalue weighted by Gasteiger charge is 2.33. The van der Waals surface area contributed by atoms with Crippen molar-refractivity contribution in [3.8, 4) is 0 Å². The Balaban J connectivity index is 2.12. The minimum Gasteiger partial charge on any atom is -0.348 e. The van der Waals surface area contributed by atoms with Crippen LogP contribution in [0.1, 0.15) is 10.4 Å². The molecule has 1 fully saturated rings. The summed E-state index contributed by atoms with van der Waals surface area (Å²) in [4.78, 5) is 13.9. The number of piperazine rings is 1. The molecule has 3 rings (SSSR count). The van der Waals surface area contributed by atoms with Crippen molar-refractivity contribution in [2.24, 2.45) is 0 Å². The number of anilines is 1. The van der Waals surface area contributed by atoms with Gasteiger partial charge >= 0.3 is 0 Å². The van der Waals surface area contributed by atoms with Gasteiger partial charge in [0.1, 0.15) is 12.0 Å². The van der Waals surface area contributed by atoms with Gasteiger partial charge in [-0.25, -0.2) is 4.39 Å². The molecule has 1 saturated heterocycles. The highest BCUT2D eigenvalue weighted by Crippen LogP contribution is 2.31. The Bertz CT molecular complexity index is 494. The second kappa shape index (κ2) is 3.85. The average molecular weight is 256 g/mol. The van der Waals surface area contributed by atoms with Crippen molar-refractivity contribution < 1.29 is 9.18 Å². The van der Waals surface area contributed by atoms with E-state index in [-0.39, 0.29) is 17.1 Å². The Kier molecular flexibility index (Phi) is 2.45. The minimum absolute atomic E-state index is 0.0516. The maximum absolute atomic E-state index is 13.4. The number of nitrogens with zero attached hydrogens (tertiary/aromatic N) is 1. The standard InChI is InChI=1S/C11H11ClFN3O/c12-7-4-9-6(3-8(7)13)11(17)15-10-5-14-1-2-16(9)10/h3-4,10,14H,1-2,5H2,(H,15,17)/t10-/m1/s1. The topological polar surface area (TPSA) is 44.4 Å². The molecule has 1 aromatic rings. The van der Waals surface area contributed by atoms with E-state index < -0.39 is 5.82 Å². The zero-order chi connectivity index (χ0) is 12.0. The van der Waals surface area contributed by atoms with Crippen LogP contribution in [0.5, 0.6) is 0 Å². The highest BCUT2D eigenvalue weighted by atomic mass is 35.5. The van der Waals surface area contributed by atoms with Crippen LogP contribution in [0.15, 0.2) is 12.1 Å². The second-order valence-electron chi connectivity index (χ2n) is 4.17. The molecule has 0 saturated carbocycles. The van der Waals surface area contributed by atoms with E-state index >= 15 is 0 Å². The van der Waals surface area contributed by atoms with E-state index in [0.29, 0.717) is 17.8 Å². The van der Waals surface area contributed by atoms with Gasteiger partial charge in [-0.2, -0.15) is 0 Å². The van der Waals surface area contributed by atoms with Crippen molar-refractivity contribution in [3.63, 3.8) is 0 Å². The molecule has 1 amide bonds. The molecule has 90 valence electrons. The zero-order valence-electron chi connectivity index (χ0n) is 8.96. The molecule has 6 heteroatoms. The van der Waals surface area contributed by atoms with Crippen LogP contribution in [0, 0.1) is 5.82 Å². The smallest absolute Gasteiger partial charge is 0.255 e. The molecule has 0 spiro atoms. The lowest BCUT2D eigenvalue weighted by Gasteiger charge is -2.42. The number of hydrogen-bond acceptors (Lipinski definition) is 3. The molecule has 4 nitrogen and oxygen atoms in total. The third kappa shape index (κ3) is 1.66. The molecule has 2 N–H and O–H groups in total. The quantitative estimate of drug-likeness (QED) is 0.726. The Labute approximate surface area is 103 Å². The van der Waals surface area contributed by atoms with Gasteiger partial charge in [-0.3, -0.25) is 4.79 Å². The van der Waals surface area contributed by atoms with Crippen molar-refractivity contribution in [1.82, 2.24) is 10.6 Å². The average Bonchev–Trinajstić information content (AvgIpc) is 2.32. The molecular formula is C11H11ClFN3O. The fraction of sp³-hybridized carbons (Fsp3) is 0.364. The normalized spacial score (nSPS) is 22.8. The number of fused-ring (bicyclic) bond motifs is 3. The second-order valence-corrected chi connectivity index (χ2v) is 4.58. The summed E-state index contributed by atoms with van der Waals surface area (Å²) in [6.07, 6.45) is -0.0784. The lowest BCUT2D eigenvalue weighted by molar-refractivity contribution is 0.0922. The third-order valence-corrected chi connectivity index (χ3v) is 3.42. The first kappa shape index (κ1) is 10.8. The predicted molar refractivity (Wildman–Crippen MR) is 62.9 cm³/mol. The molecule has 2 aliphatic heterocycles. The molecule has 17 heavy (non-hydrogen) atoms. The zero-order valence-corrected chi connectivity index (χ0v) is 9.72. The van der Waals surface area contributed by atoms with Crippen molar-refractivity contribution in [2.75, 3.05) is 24.5 Å². The van der Waals surface area contributed by atoms with Crippen molar-refractivity contribution >= 4 is 23.2 Å². The Morgan fingerprint density at radius 3 is 3.12 bits per heavy atom. The van der Waals surface area contributed by atoms with E-state index in [1.54, 1.807) is 0 Å². The first-order valence-electron chi connectivity index (χ1n) is 5.44. The number of hydrogen-bond donors (Lipinski definition) is 2. The van der Waals surface area contributed by atoms with E-state index in [1.807, 2.05) is 4.90 Å². The number of halogens is 2. The summed E-state index contributed by atoms with van der Waals surface area (Å²) in [5.41, 5.74) is 1.07. The summed E-state index contributed by atoms with van der Waals surface area (Å²) in [7, 11) is 0. The number of nitrogens with one attached hydrogen (secondary N) is 2. The maximum Gasteiger partial charge on any atom is 0.255 e. The van der Waals surface area contributed by atoms with Crippen LogP contribution in [-0.4, -0.2) is 31.7 Å². The molecule has 0 radical (unpaired) electrons. The summed E-state index contributed by atoms with van der Waals surface area (Å²) in [6.45, 7) is 2.28. The van der Waals surface area contributed by atoms with Crippen LogP contribution in [0.4, 0.5) is 10.1 Å². The first-order valence-corrected chi connectivity index (χ1v) is 5.82. The predicted octanol–water partition coefficient (Wildman–Crippen LogP) is 0.958. The van der Waals surface area contributed by atoms with Gasteiger partial charge in [0.2, 0.25) is 0 Å². The van der Waals surface area contributed by atoms with E-state index in [1.165, 1.54) is 12.1 Å². The fourth-order valence-electron chi connectivity index (χ4n) is 2.31. The Morgan fingerprint density at radius 1 is 1.47 bits per heavy atom. The van der Waals surface area contributed by atoms with Crippen molar-refractivity contribution in [2.45, 2.75) is 6.17 Å². The van der Waals surface area contributed by atoms with Gasteiger partial charge in [0, 0.05) is 19.6 Å². The minimum atomic E-state index is -0.561. The van der Waals surface area contributed by atoms with Crippen molar-refractivity contribution in [1.29, 1.82) is 0 Å². The summed E-state index contributed by atoms with van der Waals surface area (Å²) in [5.74, 6) is -0.810. The lowest BCUT2D eigenvalue weighted by Crippen LogP contribution is -2.62. The number of rotatable bonds is 0. The summed E-state index contributed by atoms with van der Waals surface area (Å²) >= 11 is 5.78. The number of carbonyl (C=O) groups is 1. The summed E-state index contributed by atoms with van der Waals surface area (Å²) in [5, 5.41) is 6.09.